The van der Waals surface area contributed by atoms with Gasteiger partial charge < -0.3 is 32.9 Å². The van der Waals surface area contributed by atoms with Gasteiger partial charge in [-0.1, -0.05) is 20.8 Å². The zero-order chi connectivity index (χ0) is 16.9. The van der Waals surface area contributed by atoms with E-state index in [1.165, 1.54) is 0 Å². The van der Waals surface area contributed by atoms with E-state index in [-0.39, 0.29) is 51.6 Å². The van der Waals surface area contributed by atoms with Gasteiger partial charge >= 0.3 is 0 Å². The summed E-state index contributed by atoms with van der Waals surface area (Å²) in [5.41, 5.74) is 6.23. The van der Waals surface area contributed by atoms with Crippen LogP contribution in [0.3, 0.4) is 0 Å². The molecule has 0 atom stereocenters. The summed E-state index contributed by atoms with van der Waals surface area (Å²) < 4.78 is 6.46. The molecule has 0 bridgehead atoms. The monoisotopic (exact) mass is 375 g/mol. The fourth-order valence-electron chi connectivity index (χ4n) is 1.21. The van der Waals surface area contributed by atoms with Crippen molar-refractivity contribution in [3.05, 3.63) is 12.7 Å². The van der Waals surface area contributed by atoms with E-state index in [1.54, 1.807) is 0 Å². The summed E-state index contributed by atoms with van der Waals surface area (Å²) in [6.07, 6.45) is 1.24. The molecule has 1 radical (unpaired) electrons. The maximum Gasteiger partial charge on any atom is 0.226 e. The molecule has 3 N–H and O–H groups in total. The molecule has 2 amide bonds. The quantitative estimate of drug-likeness (QED) is 0.362. The van der Waals surface area contributed by atoms with E-state index in [0.29, 0.717) is 13.1 Å². The molecule has 7 heteroatoms. The molecule has 0 aliphatic carbocycles. The summed E-state index contributed by atoms with van der Waals surface area (Å²) in [4.78, 5) is 31.7. The minimum absolute atomic E-state index is 0. The zero-order valence-electron chi connectivity index (χ0n) is 14.3. The van der Waals surface area contributed by atoms with Crippen LogP contribution in [0.15, 0.2) is 0 Å². The van der Waals surface area contributed by atoms with Crippen molar-refractivity contribution >= 4 is 18.1 Å². The van der Waals surface area contributed by atoms with Gasteiger partial charge in [0.2, 0.25) is 5.91 Å². The van der Waals surface area contributed by atoms with E-state index in [0.717, 1.165) is 12.8 Å². The van der Waals surface area contributed by atoms with Gasteiger partial charge in [-0.05, 0) is 19.4 Å². The van der Waals surface area contributed by atoms with Crippen molar-refractivity contribution in [2.24, 2.45) is 5.41 Å². The first-order chi connectivity index (χ1) is 9.73. The molecule has 6 nitrogen and oxygen atoms in total. The van der Waals surface area contributed by atoms with Gasteiger partial charge in [0, 0.05) is 44.5 Å². The molecule has 0 spiro atoms. The number of aldehydes is 1. The van der Waals surface area contributed by atoms with Crippen LogP contribution in [0, 0.1) is 12.3 Å². The maximum absolute atomic E-state index is 11.5. The van der Waals surface area contributed by atoms with Gasteiger partial charge in [0.1, 0.15) is 7.63 Å². The molecule has 0 aromatic carbocycles. The first-order valence-electron chi connectivity index (χ1n) is 7.25. The normalized spacial score (nSPS) is 10.4. The summed E-state index contributed by atoms with van der Waals surface area (Å²) in [6, 6.07) is 0. The molecule has 0 aromatic heterocycles. The number of amides is 2. The van der Waals surface area contributed by atoms with E-state index in [1.807, 2.05) is 20.8 Å². The van der Waals surface area contributed by atoms with Crippen molar-refractivity contribution in [3.8, 4) is 0 Å². The molecule has 121 valence electrons. The van der Waals surface area contributed by atoms with Gasteiger partial charge in [-0.25, -0.2) is 0 Å². The van der Waals surface area contributed by atoms with Crippen LogP contribution >= 0.6 is 0 Å². The molecule has 0 rings (SSSR count). The number of hydrogen-bond donors (Lipinski definition) is 2. The van der Waals surface area contributed by atoms with Crippen molar-refractivity contribution in [2.75, 3.05) is 19.6 Å². The van der Waals surface area contributed by atoms with Crippen molar-refractivity contribution in [1.29, 1.82) is 0 Å². The summed E-state index contributed by atoms with van der Waals surface area (Å²) >= 11 is 0. The molecule has 21 heavy (non-hydrogen) atoms. The van der Waals surface area contributed by atoms with E-state index < -0.39 is 17.6 Å². The van der Waals surface area contributed by atoms with Crippen LogP contribution in [0.1, 0.15) is 41.4 Å². The Morgan fingerprint density at radius 2 is 1.90 bits per heavy atom. The summed E-state index contributed by atoms with van der Waals surface area (Å²) in [6.45, 7) is 10.2. The fraction of sp³-hybridized carbons (Fsp3) is 0.714. The number of nitrogens with one attached hydrogen (secondary N) is 3. The Labute approximate surface area is 154 Å². The molecule has 0 fully saturated rings. The van der Waals surface area contributed by atoms with Crippen LogP contribution in [-0.4, -0.2) is 37.7 Å². The molecule has 0 aliphatic heterocycles. The number of rotatable bonds is 9. The Balaban J connectivity index is -0.000000348. The molecule has 0 heterocycles. The average Bonchev–Trinajstić information content (AvgIpc) is 2.44. The second-order valence-electron chi connectivity index (χ2n) is 4.52. The standard InChI is InChI=1S/C9H18N2O2.C5H10NO.Y/c1-4-9(3,5-2)8(13)11-6-7(10)12;1-2-6-4-3-5-7;/h4-6H2,1-3H3,(H3,10,11,12,13);5-6H,1-4H2;/q;-1;/p-1/i;5D;. The van der Waals surface area contributed by atoms with Crippen LogP contribution in [0.25, 0.3) is 5.73 Å². The third kappa shape index (κ3) is 14.4. The molecule has 0 saturated heterocycles. The molecular formula is C14H27N3O3Y-2. The minimum atomic E-state index is -0.761. The van der Waals surface area contributed by atoms with Crippen LogP contribution < -0.4 is 10.6 Å². The Kier molecular flexibility index (Phi) is 17.5. The fourth-order valence-corrected chi connectivity index (χ4v) is 1.21. The minimum Gasteiger partial charge on any atom is -0.666 e. The second-order valence-corrected chi connectivity index (χ2v) is 4.52. The second kappa shape index (κ2) is 16.1. The summed E-state index contributed by atoms with van der Waals surface area (Å²) in [5.74, 6) is -0.902. The number of hydrogen-bond acceptors (Lipinski definition) is 4. The van der Waals surface area contributed by atoms with Crippen LogP contribution in [-0.2, 0) is 47.1 Å². The number of carbonyl (C=O) groups excluding carboxylic acids is 3. The van der Waals surface area contributed by atoms with Crippen LogP contribution in [0.4, 0.5) is 0 Å². The third-order valence-electron chi connectivity index (χ3n) is 3.10. The van der Waals surface area contributed by atoms with Crippen molar-refractivity contribution in [1.82, 2.24) is 10.6 Å². The van der Waals surface area contributed by atoms with E-state index >= 15 is 0 Å². The van der Waals surface area contributed by atoms with Crippen LogP contribution in [0.5, 0.6) is 0 Å². The van der Waals surface area contributed by atoms with Gasteiger partial charge in [-0.2, -0.15) is 0 Å². The van der Waals surface area contributed by atoms with Gasteiger partial charge in [-0.15, -0.1) is 6.54 Å². The summed E-state index contributed by atoms with van der Waals surface area (Å²) in [5, 5.41) is 5.28. The van der Waals surface area contributed by atoms with E-state index in [2.05, 4.69) is 17.6 Å². The first-order valence-corrected chi connectivity index (χ1v) is 6.75. The molecule has 0 aliphatic rings. The molecule has 0 saturated carbocycles. The predicted octanol–water partition coefficient (Wildman–Crippen LogP) is 1.50. The smallest absolute Gasteiger partial charge is 0.226 e. The van der Waals surface area contributed by atoms with E-state index in [9.17, 15) is 14.4 Å². The SMILES string of the molecule is CCC(C)(CC)C(=O)NCC([NH-])=O.[2H]C(=O)CCNC[CH2-].[Y]. The van der Waals surface area contributed by atoms with Gasteiger partial charge in [0.05, 0.1) is 12.5 Å². The van der Waals surface area contributed by atoms with Crippen LogP contribution in [0.2, 0.25) is 0 Å². The Bertz CT molecular complexity index is 337. The van der Waals surface area contributed by atoms with Gasteiger partial charge in [0.15, 0.2) is 0 Å². The van der Waals surface area contributed by atoms with Gasteiger partial charge in [0.25, 0.3) is 0 Å². The molecule has 0 aromatic rings. The summed E-state index contributed by atoms with van der Waals surface area (Å²) in [7, 11) is 0. The first kappa shape index (κ1) is 22.9. The van der Waals surface area contributed by atoms with Crippen molar-refractivity contribution < 1.29 is 48.5 Å². The van der Waals surface area contributed by atoms with Crippen molar-refractivity contribution in [3.63, 3.8) is 0 Å². The largest absolute Gasteiger partial charge is 0.666 e. The van der Waals surface area contributed by atoms with Gasteiger partial charge in [-0.3, -0.25) is 4.79 Å². The zero-order valence-corrected chi connectivity index (χ0v) is 16.1. The Morgan fingerprint density at radius 3 is 2.24 bits per heavy atom. The topological polar surface area (TPSA) is 99.1 Å². The predicted molar refractivity (Wildman–Crippen MR) is 79.9 cm³/mol. The molecule has 0 unspecified atom stereocenters. The van der Waals surface area contributed by atoms with Crippen molar-refractivity contribution in [2.45, 2.75) is 40.0 Å². The number of carbonyl (C=O) groups is 3. The maximum atomic E-state index is 11.5. The van der Waals surface area contributed by atoms with E-state index in [4.69, 9.17) is 7.10 Å². The average molecular weight is 375 g/mol. The molecular weight excluding hydrogens is 347 g/mol. The Hall–Kier alpha value is -0.326. The Morgan fingerprint density at radius 1 is 1.38 bits per heavy atom. The third-order valence-corrected chi connectivity index (χ3v) is 3.10.